The van der Waals surface area contributed by atoms with Crippen molar-refractivity contribution in [2.24, 2.45) is 0 Å². The number of nitrogens with zero attached hydrogens (tertiary/aromatic N) is 4. The summed E-state index contributed by atoms with van der Waals surface area (Å²) in [6.07, 6.45) is 2.66. The van der Waals surface area contributed by atoms with Crippen molar-refractivity contribution in [3.05, 3.63) is 17.3 Å². The summed E-state index contributed by atoms with van der Waals surface area (Å²) in [5, 5.41) is 16.9. The fourth-order valence-electron chi connectivity index (χ4n) is 2.04. The summed E-state index contributed by atoms with van der Waals surface area (Å²) in [5.41, 5.74) is 1.28. The SMILES string of the molecule is Cc1cc(C#N)nnc1N1CCC([S+](C)[O-])C1. The fraction of sp³-hybridized carbons (Fsp3) is 0.545. The highest BCUT2D eigenvalue weighted by molar-refractivity contribution is 7.91. The number of nitriles is 1. The molecule has 0 radical (unpaired) electrons. The molecule has 2 rings (SSSR count). The zero-order valence-electron chi connectivity index (χ0n) is 9.88. The number of hydrogen-bond acceptors (Lipinski definition) is 5. The summed E-state index contributed by atoms with van der Waals surface area (Å²) in [4.78, 5) is 2.09. The van der Waals surface area contributed by atoms with E-state index in [0.29, 0.717) is 5.69 Å². The van der Waals surface area contributed by atoms with Gasteiger partial charge in [0.1, 0.15) is 11.3 Å². The second-order valence-electron chi connectivity index (χ2n) is 4.20. The lowest BCUT2D eigenvalue weighted by atomic mass is 10.2. The van der Waals surface area contributed by atoms with Gasteiger partial charge in [0.05, 0.1) is 12.8 Å². The van der Waals surface area contributed by atoms with Crippen LogP contribution in [0.25, 0.3) is 0 Å². The van der Waals surface area contributed by atoms with Crippen LogP contribution in [0.3, 0.4) is 0 Å². The van der Waals surface area contributed by atoms with Gasteiger partial charge in [-0.2, -0.15) is 5.26 Å². The highest BCUT2D eigenvalue weighted by Crippen LogP contribution is 2.24. The highest BCUT2D eigenvalue weighted by Gasteiger charge is 2.30. The van der Waals surface area contributed by atoms with Crippen LogP contribution < -0.4 is 4.90 Å². The Bertz CT molecular complexity index is 457. The summed E-state index contributed by atoms with van der Waals surface area (Å²) < 4.78 is 11.4. The van der Waals surface area contributed by atoms with E-state index in [4.69, 9.17) is 5.26 Å². The highest BCUT2D eigenvalue weighted by atomic mass is 32.2. The minimum Gasteiger partial charge on any atom is -0.616 e. The van der Waals surface area contributed by atoms with Gasteiger partial charge in [-0.1, -0.05) is 11.2 Å². The predicted molar refractivity (Wildman–Crippen MR) is 66.2 cm³/mol. The monoisotopic (exact) mass is 250 g/mol. The van der Waals surface area contributed by atoms with Crippen LogP contribution >= 0.6 is 0 Å². The van der Waals surface area contributed by atoms with E-state index in [1.807, 2.05) is 13.0 Å². The first-order valence-electron chi connectivity index (χ1n) is 5.43. The van der Waals surface area contributed by atoms with Gasteiger partial charge in [-0.25, -0.2) is 0 Å². The summed E-state index contributed by atoms with van der Waals surface area (Å²) in [5.74, 6) is 0.803. The molecule has 2 unspecified atom stereocenters. The van der Waals surface area contributed by atoms with Gasteiger partial charge in [-0.3, -0.25) is 0 Å². The first-order chi connectivity index (χ1) is 8.11. The molecule has 1 saturated heterocycles. The number of aromatic nitrogens is 2. The van der Waals surface area contributed by atoms with Crippen molar-refractivity contribution in [1.29, 1.82) is 5.26 Å². The standard InChI is InChI=1S/C11H14N4OS/c1-8-5-9(6-12)13-14-11(8)15-4-3-10(7-15)17(2)16/h5,10H,3-4,7H2,1-2H3. The van der Waals surface area contributed by atoms with Crippen molar-refractivity contribution in [3.63, 3.8) is 0 Å². The quantitative estimate of drug-likeness (QED) is 0.719. The largest absolute Gasteiger partial charge is 0.616 e. The molecule has 0 spiro atoms. The van der Waals surface area contributed by atoms with E-state index in [0.717, 1.165) is 30.9 Å². The fourth-order valence-corrected chi connectivity index (χ4v) is 2.86. The first kappa shape index (κ1) is 12.1. The van der Waals surface area contributed by atoms with Crippen LogP contribution in [0, 0.1) is 18.3 Å². The molecule has 1 aliphatic rings. The van der Waals surface area contributed by atoms with Crippen LogP contribution in [0.5, 0.6) is 0 Å². The molecule has 0 aromatic carbocycles. The molecule has 1 aromatic rings. The molecule has 1 aromatic heterocycles. The van der Waals surface area contributed by atoms with Crippen molar-refractivity contribution in [1.82, 2.24) is 10.2 Å². The van der Waals surface area contributed by atoms with Gasteiger partial charge in [0.2, 0.25) is 0 Å². The van der Waals surface area contributed by atoms with Gasteiger partial charge in [0.25, 0.3) is 0 Å². The maximum atomic E-state index is 11.4. The smallest absolute Gasteiger partial charge is 0.163 e. The Labute approximate surface area is 104 Å². The Morgan fingerprint density at radius 2 is 2.35 bits per heavy atom. The van der Waals surface area contributed by atoms with Gasteiger partial charge >= 0.3 is 0 Å². The summed E-state index contributed by atoms with van der Waals surface area (Å²) in [7, 11) is 0. The number of rotatable bonds is 2. The molecule has 5 nitrogen and oxygen atoms in total. The zero-order chi connectivity index (χ0) is 12.4. The normalized spacial score (nSPS) is 21.3. The lowest BCUT2D eigenvalue weighted by molar-refractivity contribution is 0.588. The topological polar surface area (TPSA) is 75.9 Å². The average Bonchev–Trinajstić information content (AvgIpc) is 2.78. The summed E-state index contributed by atoms with van der Waals surface area (Å²) >= 11 is -0.790. The van der Waals surface area contributed by atoms with Crippen molar-refractivity contribution >= 4 is 17.0 Å². The summed E-state index contributed by atoms with van der Waals surface area (Å²) in [6.45, 7) is 3.53. The van der Waals surface area contributed by atoms with E-state index in [1.54, 1.807) is 12.3 Å². The van der Waals surface area contributed by atoms with Crippen LogP contribution in [0.15, 0.2) is 6.07 Å². The predicted octanol–water partition coefficient (Wildman–Crippen LogP) is 0.614. The Morgan fingerprint density at radius 3 is 2.88 bits per heavy atom. The third kappa shape index (κ3) is 2.51. The van der Waals surface area contributed by atoms with E-state index in [1.165, 1.54) is 0 Å². The third-order valence-electron chi connectivity index (χ3n) is 2.99. The van der Waals surface area contributed by atoms with Crippen LogP contribution in [0.2, 0.25) is 0 Å². The number of aryl methyl sites for hydroxylation is 1. The van der Waals surface area contributed by atoms with Gasteiger partial charge < -0.3 is 9.45 Å². The molecule has 6 heteroatoms. The van der Waals surface area contributed by atoms with Gasteiger partial charge in [0.15, 0.2) is 11.5 Å². The van der Waals surface area contributed by atoms with Crippen molar-refractivity contribution < 1.29 is 4.55 Å². The van der Waals surface area contributed by atoms with E-state index in [-0.39, 0.29) is 5.25 Å². The molecular formula is C11H14N4OS. The van der Waals surface area contributed by atoms with E-state index >= 15 is 0 Å². The van der Waals surface area contributed by atoms with Crippen LogP contribution in [-0.2, 0) is 11.2 Å². The molecule has 1 fully saturated rings. The van der Waals surface area contributed by atoms with Gasteiger partial charge in [-0.05, 0) is 18.6 Å². The Balaban J connectivity index is 2.17. The molecule has 0 saturated carbocycles. The molecule has 0 amide bonds. The maximum Gasteiger partial charge on any atom is 0.163 e. The Kier molecular flexibility index (Phi) is 3.50. The minimum atomic E-state index is -0.790. The van der Waals surface area contributed by atoms with Crippen LogP contribution in [0.4, 0.5) is 5.82 Å². The van der Waals surface area contributed by atoms with Crippen LogP contribution in [0.1, 0.15) is 17.7 Å². The second kappa shape index (κ2) is 4.90. The van der Waals surface area contributed by atoms with E-state index in [2.05, 4.69) is 15.1 Å². The van der Waals surface area contributed by atoms with E-state index in [9.17, 15) is 4.55 Å². The first-order valence-corrected chi connectivity index (χ1v) is 7.05. The molecule has 90 valence electrons. The summed E-state index contributed by atoms with van der Waals surface area (Å²) in [6, 6.07) is 3.71. The zero-order valence-corrected chi connectivity index (χ0v) is 10.7. The lowest BCUT2D eigenvalue weighted by Crippen LogP contribution is -2.27. The number of hydrogen-bond donors (Lipinski definition) is 0. The van der Waals surface area contributed by atoms with Crippen LogP contribution in [-0.4, -0.2) is 39.3 Å². The average molecular weight is 250 g/mol. The van der Waals surface area contributed by atoms with Gasteiger partial charge in [-0.15, -0.1) is 10.2 Å². The van der Waals surface area contributed by atoms with E-state index < -0.39 is 11.2 Å². The lowest BCUT2D eigenvalue weighted by Gasteiger charge is -2.18. The molecule has 2 atom stereocenters. The second-order valence-corrected chi connectivity index (χ2v) is 5.87. The third-order valence-corrected chi connectivity index (χ3v) is 4.31. The molecule has 2 heterocycles. The molecule has 0 N–H and O–H groups in total. The van der Waals surface area contributed by atoms with Crippen molar-refractivity contribution in [2.45, 2.75) is 18.6 Å². The van der Waals surface area contributed by atoms with Crippen molar-refractivity contribution in [3.8, 4) is 6.07 Å². The minimum absolute atomic E-state index is 0.215. The Morgan fingerprint density at radius 1 is 1.59 bits per heavy atom. The molecule has 0 bridgehead atoms. The van der Waals surface area contributed by atoms with Gasteiger partial charge in [0, 0.05) is 13.0 Å². The molecule has 17 heavy (non-hydrogen) atoms. The molecule has 1 aliphatic heterocycles. The maximum absolute atomic E-state index is 11.4. The number of anilines is 1. The van der Waals surface area contributed by atoms with Crippen molar-refractivity contribution in [2.75, 3.05) is 24.2 Å². The molecule has 0 aliphatic carbocycles. The Hall–Kier alpha value is -1.32. The molecular weight excluding hydrogens is 236 g/mol.